The number of aromatic nitrogens is 2. The van der Waals surface area contributed by atoms with Crippen LogP contribution in [0.4, 0.5) is 11.5 Å². The molecule has 3 heterocycles. The first kappa shape index (κ1) is 13.3. The van der Waals surface area contributed by atoms with Gasteiger partial charge in [0.1, 0.15) is 17.0 Å². The van der Waals surface area contributed by atoms with Crippen LogP contribution in [0.3, 0.4) is 0 Å². The maximum atomic E-state index is 6.06. The standard InChI is InChI=1S/C14H10Cl2N4S/c15-9-2-1-7(3-10(9)16)20-13-12-8-4-17-5-11(8)21-14(12)19-6-18-13/h1-3,6,17H,4-5H2,(H,18,19,20). The summed E-state index contributed by atoms with van der Waals surface area (Å²) in [7, 11) is 0. The molecule has 0 spiro atoms. The molecule has 7 heteroatoms. The molecule has 1 aromatic carbocycles. The van der Waals surface area contributed by atoms with Gasteiger partial charge < -0.3 is 10.6 Å². The summed E-state index contributed by atoms with van der Waals surface area (Å²) in [6.45, 7) is 1.77. The molecule has 0 atom stereocenters. The first-order valence-electron chi connectivity index (χ1n) is 6.40. The number of benzene rings is 1. The van der Waals surface area contributed by atoms with Crippen molar-refractivity contribution in [2.45, 2.75) is 13.1 Å². The highest BCUT2D eigenvalue weighted by atomic mass is 35.5. The molecule has 0 amide bonds. The van der Waals surface area contributed by atoms with E-state index in [2.05, 4.69) is 20.6 Å². The van der Waals surface area contributed by atoms with E-state index in [0.717, 1.165) is 34.8 Å². The third-order valence-corrected chi connectivity index (χ3v) is 5.32. The van der Waals surface area contributed by atoms with Crippen molar-refractivity contribution < 1.29 is 0 Å². The van der Waals surface area contributed by atoms with Crippen molar-refractivity contribution in [2.24, 2.45) is 0 Å². The quantitative estimate of drug-likeness (QED) is 0.730. The zero-order valence-corrected chi connectivity index (χ0v) is 13.1. The van der Waals surface area contributed by atoms with Gasteiger partial charge >= 0.3 is 0 Å². The average molecular weight is 337 g/mol. The highest BCUT2D eigenvalue weighted by Crippen LogP contribution is 2.37. The van der Waals surface area contributed by atoms with E-state index in [1.165, 1.54) is 10.4 Å². The Bertz CT molecular complexity index is 846. The molecule has 1 aliphatic heterocycles. The molecule has 0 aliphatic carbocycles. The van der Waals surface area contributed by atoms with E-state index in [1.54, 1.807) is 29.8 Å². The van der Waals surface area contributed by atoms with Gasteiger partial charge in [-0.15, -0.1) is 11.3 Å². The molecule has 1 aliphatic rings. The molecule has 4 rings (SSSR count). The fourth-order valence-electron chi connectivity index (χ4n) is 2.47. The summed E-state index contributed by atoms with van der Waals surface area (Å²) in [5, 5.41) is 8.82. The fourth-order valence-corrected chi connectivity index (χ4v) is 3.90. The molecule has 0 saturated carbocycles. The van der Waals surface area contributed by atoms with E-state index in [4.69, 9.17) is 23.2 Å². The zero-order chi connectivity index (χ0) is 14.4. The van der Waals surface area contributed by atoms with E-state index in [-0.39, 0.29) is 0 Å². The zero-order valence-electron chi connectivity index (χ0n) is 10.8. The Hall–Kier alpha value is -1.40. The Morgan fingerprint density at radius 1 is 1.14 bits per heavy atom. The van der Waals surface area contributed by atoms with Crippen molar-refractivity contribution in [1.29, 1.82) is 0 Å². The van der Waals surface area contributed by atoms with Crippen LogP contribution in [0.25, 0.3) is 10.2 Å². The van der Waals surface area contributed by atoms with Crippen LogP contribution in [0.15, 0.2) is 24.5 Å². The minimum absolute atomic E-state index is 0.518. The van der Waals surface area contributed by atoms with Gasteiger partial charge in [-0.05, 0) is 23.8 Å². The summed E-state index contributed by atoms with van der Waals surface area (Å²) in [6, 6.07) is 5.44. The van der Waals surface area contributed by atoms with Crippen LogP contribution in [0.1, 0.15) is 10.4 Å². The molecule has 3 aromatic rings. The second-order valence-electron chi connectivity index (χ2n) is 4.76. The minimum atomic E-state index is 0.518. The van der Waals surface area contributed by atoms with Gasteiger partial charge in [0.2, 0.25) is 0 Å². The molecule has 0 unspecified atom stereocenters. The molecular formula is C14H10Cl2N4S. The van der Waals surface area contributed by atoms with Crippen LogP contribution >= 0.6 is 34.5 Å². The van der Waals surface area contributed by atoms with Gasteiger partial charge in [0.15, 0.2) is 0 Å². The van der Waals surface area contributed by atoms with Crippen LogP contribution in [0.5, 0.6) is 0 Å². The molecule has 2 N–H and O–H groups in total. The summed E-state index contributed by atoms with van der Waals surface area (Å²) in [6.07, 6.45) is 1.58. The first-order valence-corrected chi connectivity index (χ1v) is 7.97. The first-order chi connectivity index (χ1) is 10.2. The van der Waals surface area contributed by atoms with Crippen molar-refractivity contribution in [2.75, 3.05) is 5.32 Å². The molecular weight excluding hydrogens is 327 g/mol. The molecule has 4 nitrogen and oxygen atoms in total. The number of nitrogens with zero attached hydrogens (tertiary/aromatic N) is 2. The summed E-state index contributed by atoms with van der Waals surface area (Å²) < 4.78 is 0. The number of nitrogens with one attached hydrogen (secondary N) is 2. The second kappa shape index (κ2) is 5.10. The Balaban J connectivity index is 1.81. The Kier molecular flexibility index (Phi) is 3.23. The van der Waals surface area contributed by atoms with E-state index < -0.39 is 0 Å². The van der Waals surface area contributed by atoms with Gasteiger partial charge in [0.25, 0.3) is 0 Å². The lowest BCUT2D eigenvalue weighted by molar-refractivity contribution is 0.769. The van der Waals surface area contributed by atoms with E-state index in [9.17, 15) is 0 Å². The monoisotopic (exact) mass is 336 g/mol. The van der Waals surface area contributed by atoms with Gasteiger partial charge in [0.05, 0.1) is 15.4 Å². The summed E-state index contributed by atoms with van der Waals surface area (Å²) in [4.78, 5) is 11.1. The molecule has 2 aromatic heterocycles. The Morgan fingerprint density at radius 3 is 2.90 bits per heavy atom. The van der Waals surface area contributed by atoms with Crippen molar-refractivity contribution >= 4 is 56.3 Å². The lowest BCUT2D eigenvalue weighted by Gasteiger charge is -2.08. The smallest absolute Gasteiger partial charge is 0.142 e. The topological polar surface area (TPSA) is 49.8 Å². The Morgan fingerprint density at radius 2 is 2.05 bits per heavy atom. The summed E-state index contributed by atoms with van der Waals surface area (Å²) in [5.41, 5.74) is 2.15. The molecule has 0 bridgehead atoms. The van der Waals surface area contributed by atoms with Gasteiger partial charge in [-0.2, -0.15) is 0 Å². The lowest BCUT2D eigenvalue weighted by atomic mass is 10.2. The third kappa shape index (κ3) is 2.26. The fraction of sp³-hybridized carbons (Fsp3) is 0.143. The number of fused-ring (bicyclic) bond motifs is 3. The predicted molar refractivity (Wildman–Crippen MR) is 87.7 cm³/mol. The maximum Gasteiger partial charge on any atom is 0.142 e. The maximum absolute atomic E-state index is 6.06. The van der Waals surface area contributed by atoms with Crippen LogP contribution in [-0.2, 0) is 13.1 Å². The van der Waals surface area contributed by atoms with Crippen molar-refractivity contribution in [3.63, 3.8) is 0 Å². The Labute approximate surface area is 135 Å². The lowest BCUT2D eigenvalue weighted by Crippen LogP contribution is -2.02. The molecule has 0 fully saturated rings. The highest BCUT2D eigenvalue weighted by molar-refractivity contribution is 7.19. The van der Waals surface area contributed by atoms with Gasteiger partial charge in [-0.3, -0.25) is 0 Å². The second-order valence-corrected chi connectivity index (χ2v) is 6.66. The number of hydrogen-bond donors (Lipinski definition) is 2. The summed E-state index contributed by atoms with van der Waals surface area (Å²) >= 11 is 13.7. The third-order valence-electron chi connectivity index (χ3n) is 3.44. The van der Waals surface area contributed by atoms with Crippen LogP contribution in [0, 0.1) is 0 Å². The number of anilines is 2. The predicted octanol–water partition coefficient (Wildman–Crippen LogP) is 4.34. The molecule has 106 valence electrons. The largest absolute Gasteiger partial charge is 0.340 e. The number of rotatable bonds is 2. The van der Waals surface area contributed by atoms with Crippen LogP contribution in [0.2, 0.25) is 10.0 Å². The molecule has 0 radical (unpaired) electrons. The highest BCUT2D eigenvalue weighted by Gasteiger charge is 2.20. The van der Waals surface area contributed by atoms with Crippen LogP contribution in [-0.4, -0.2) is 9.97 Å². The van der Waals surface area contributed by atoms with Crippen LogP contribution < -0.4 is 10.6 Å². The van der Waals surface area contributed by atoms with Crippen molar-refractivity contribution in [1.82, 2.24) is 15.3 Å². The molecule has 21 heavy (non-hydrogen) atoms. The van der Waals surface area contributed by atoms with E-state index >= 15 is 0 Å². The van der Waals surface area contributed by atoms with Gasteiger partial charge in [-0.1, -0.05) is 23.2 Å². The number of thiophene rings is 1. The minimum Gasteiger partial charge on any atom is -0.340 e. The average Bonchev–Trinajstić information content (AvgIpc) is 3.03. The number of halogens is 2. The number of hydrogen-bond acceptors (Lipinski definition) is 5. The molecule has 0 saturated heterocycles. The van der Waals surface area contributed by atoms with Crippen molar-refractivity contribution in [3.8, 4) is 0 Å². The van der Waals surface area contributed by atoms with E-state index in [0.29, 0.717) is 10.0 Å². The van der Waals surface area contributed by atoms with E-state index in [1.807, 2.05) is 6.07 Å². The SMILES string of the molecule is Clc1ccc(Nc2ncnc3sc4c(c23)CNC4)cc1Cl. The van der Waals surface area contributed by atoms with Gasteiger partial charge in [-0.25, -0.2) is 9.97 Å². The van der Waals surface area contributed by atoms with Crippen molar-refractivity contribution in [3.05, 3.63) is 45.0 Å². The van der Waals surface area contributed by atoms with Gasteiger partial charge in [0, 0.05) is 23.7 Å². The normalized spacial score (nSPS) is 13.6. The summed E-state index contributed by atoms with van der Waals surface area (Å²) in [5.74, 6) is 0.805.